The van der Waals surface area contributed by atoms with E-state index in [1.54, 1.807) is 6.33 Å². The molecular formula is C19H21N5. The SMILES string of the molecule is C1=CC2c3nc4[nH]cnc4nc3NC(c3ccccc3)C2C1.CC. The first kappa shape index (κ1) is 14.9. The van der Waals surface area contributed by atoms with Crippen LogP contribution in [-0.4, -0.2) is 19.9 Å². The Balaban J connectivity index is 0.000000704. The predicted octanol–water partition coefficient (Wildman–Crippen LogP) is 4.21. The van der Waals surface area contributed by atoms with Crippen molar-refractivity contribution < 1.29 is 0 Å². The van der Waals surface area contributed by atoms with Crippen LogP contribution >= 0.6 is 0 Å². The highest BCUT2D eigenvalue weighted by Gasteiger charge is 2.39. The number of anilines is 1. The molecule has 1 aliphatic carbocycles. The number of aromatic nitrogens is 4. The van der Waals surface area contributed by atoms with Gasteiger partial charge in [-0.25, -0.2) is 15.0 Å². The van der Waals surface area contributed by atoms with Crippen LogP contribution in [0.25, 0.3) is 11.3 Å². The molecule has 2 aliphatic rings. The molecule has 1 aliphatic heterocycles. The molecule has 2 N–H and O–H groups in total. The van der Waals surface area contributed by atoms with Gasteiger partial charge in [0.05, 0.1) is 18.1 Å². The summed E-state index contributed by atoms with van der Waals surface area (Å²) in [5.74, 6) is 1.67. The molecule has 3 atom stereocenters. The summed E-state index contributed by atoms with van der Waals surface area (Å²) in [5, 5.41) is 3.60. The average molecular weight is 319 g/mol. The fraction of sp³-hybridized carbons (Fsp3) is 0.316. The summed E-state index contributed by atoms with van der Waals surface area (Å²) in [6.45, 7) is 4.00. The molecule has 24 heavy (non-hydrogen) atoms. The van der Waals surface area contributed by atoms with E-state index in [-0.39, 0.29) is 6.04 Å². The maximum Gasteiger partial charge on any atom is 0.199 e. The van der Waals surface area contributed by atoms with Crippen LogP contribution in [0.2, 0.25) is 0 Å². The number of benzene rings is 1. The van der Waals surface area contributed by atoms with Crippen molar-refractivity contribution in [2.45, 2.75) is 32.2 Å². The molecule has 0 radical (unpaired) electrons. The maximum atomic E-state index is 4.75. The van der Waals surface area contributed by atoms with Gasteiger partial charge in [0.15, 0.2) is 17.1 Å². The Bertz CT molecular complexity index is 868. The van der Waals surface area contributed by atoms with Crippen LogP contribution in [0.4, 0.5) is 5.82 Å². The van der Waals surface area contributed by atoms with Crippen molar-refractivity contribution in [2.75, 3.05) is 5.32 Å². The van der Waals surface area contributed by atoms with Crippen molar-refractivity contribution in [2.24, 2.45) is 5.92 Å². The van der Waals surface area contributed by atoms with Gasteiger partial charge in [0.1, 0.15) is 0 Å². The van der Waals surface area contributed by atoms with E-state index in [4.69, 9.17) is 4.98 Å². The highest BCUT2D eigenvalue weighted by atomic mass is 15.1. The van der Waals surface area contributed by atoms with Crippen LogP contribution in [0.1, 0.15) is 43.5 Å². The Morgan fingerprint density at radius 3 is 2.75 bits per heavy atom. The molecule has 5 rings (SSSR count). The number of rotatable bonds is 1. The second kappa shape index (κ2) is 6.07. The van der Waals surface area contributed by atoms with Crippen LogP contribution in [0.5, 0.6) is 0 Å². The first-order chi connectivity index (χ1) is 11.9. The molecular weight excluding hydrogens is 298 g/mol. The second-order valence-corrected chi connectivity index (χ2v) is 5.92. The van der Waals surface area contributed by atoms with Crippen LogP contribution in [0, 0.1) is 5.92 Å². The van der Waals surface area contributed by atoms with Gasteiger partial charge in [0.25, 0.3) is 0 Å². The Hall–Kier alpha value is -2.69. The quantitative estimate of drug-likeness (QED) is 0.660. The molecule has 2 aromatic heterocycles. The fourth-order valence-electron chi connectivity index (χ4n) is 3.67. The van der Waals surface area contributed by atoms with E-state index in [9.17, 15) is 0 Å². The number of hydrogen-bond donors (Lipinski definition) is 2. The van der Waals surface area contributed by atoms with E-state index < -0.39 is 0 Å². The van der Waals surface area contributed by atoms with Gasteiger partial charge in [-0.2, -0.15) is 0 Å². The summed E-state index contributed by atoms with van der Waals surface area (Å²) in [7, 11) is 0. The molecule has 0 bridgehead atoms. The second-order valence-electron chi connectivity index (χ2n) is 5.92. The smallest absolute Gasteiger partial charge is 0.199 e. The lowest BCUT2D eigenvalue weighted by Crippen LogP contribution is -2.30. The summed E-state index contributed by atoms with van der Waals surface area (Å²) in [6, 6.07) is 10.9. The zero-order chi connectivity index (χ0) is 16.5. The normalized spacial score (nSPS) is 23.8. The van der Waals surface area contributed by atoms with Crippen molar-refractivity contribution >= 4 is 17.1 Å². The molecule has 5 heteroatoms. The molecule has 0 saturated carbocycles. The third-order valence-electron chi connectivity index (χ3n) is 4.70. The van der Waals surface area contributed by atoms with Gasteiger partial charge in [-0.3, -0.25) is 0 Å². The van der Waals surface area contributed by atoms with E-state index >= 15 is 0 Å². The standard InChI is InChI=1S/C17H15N5.C2H6/c1-2-5-10(6-3-1)13-11-7-4-8-12(11)14-15(20-13)22-17-16(21-14)18-9-19-17;1-2/h1-6,8-9,11-13H,7H2,(H2,18,19,20,21,22);1-2H3. The molecule has 3 aromatic rings. The van der Waals surface area contributed by atoms with Crippen LogP contribution in [0.15, 0.2) is 48.8 Å². The van der Waals surface area contributed by atoms with Crippen molar-refractivity contribution in [3.63, 3.8) is 0 Å². The van der Waals surface area contributed by atoms with E-state index in [0.717, 1.165) is 23.6 Å². The van der Waals surface area contributed by atoms with Crippen molar-refractivity contribution in [3.05, 3.63) is 60.1 Å². The van der Waals surface area contributed by atoms with Crippen molar-refractivity contribution in [3.8, 4) is 0 Å². The number of hydrogen-bond acceptors (Lipinski definition) is 4. The Labute approximate surface area is 141 Å². The molecule has 122 valence electrons. The summed E-state index contributed by atoms with van der Waals surface area (Å²) in [4.78, 5) is 16.7. The minimum absolute atomic E-state index is 0.263. The number of imidazole rings is 1. The zero-order valence-electron chi connectivity index (χ0n) is 13.9. The largest absolute Gasteiger partial charge is 0.361 e. The summed E-state index contributed by atoms with van der Waals surface area (Å²) < 4.78 is 0. The number of nitrogens with zero attached hydrogens (tertiary/aromatic N) is 3. The van der Waals surface area contributed by atoms with E-state index in [2.05, 4.69) is 62.8 Å². The van der Waals surface area contributed by atoms with Gasteiger partial charge in [-0.15, -0.1) is 0 Å². The first-order valence-electron chi connectivity index (χ1n) is 8.59. The van der Waals surface area contributed by atoms with Crippen molar-refractivity contribution in [1.29, 1.82) is 0 Å². The highest BCUT2D eigenvalue weighted by Crippen LogP contribution is 2.48. The van der Waals surface area contributed by atoms with Gasteiger partial charge in [-0.1, -0.05) is 56.3 Å². The number of nitrogens with one attached hydrogen (secondary N) is 2. The van der Waals surface area contributed by atoms with Gasteiger partial charge in [0.2, 0.25) is 0 Å². The molecule has 0 spiro atoms. The van der Waals surface area contributed by atoms with E-state index in [1.807, 2.05) is 13.8 Å². The Morgan fingerprint density at radius 1 is 1.08 bits per heavy atom. The lowest BCUT2D eigenvalue weighted by atomic mass is 9.80. The molecule has 0 saturated heterocycles. The van der Waals surface area contributed by atoms with Gasteiger partial charge in [-0.05, 0) is 17.9 Å². The third-order valence-corrected chi connectivity index (χ3v) is 4.70. The lowest BCUT2D eigenvalue weighted by Gasteiger charge is -2.35. The Kier molecular flexibility index (Phi) is 3.76. The van der Waals surface area contributed by atoms with Crippen LogP contribution < -0.4 is 5.32 Å². The third kappa shape index (κ3) is 2.28. The number of fused-ring (bicyclic) bond motifs is 4. The molecule has 0 fully saturated rings. The first-order valence-corrected chi connectivity index (χ1v) is 8.59. The number of allylic oxidation sites excluding steroid dienone is 2. The molecule has 5 nitrogen and oxygen atoms in total. The maximum absolute atomic E-state index is 4.75. The minimum atomic E-state index is 0.263. The summed E-state index contributed by atoms with van der Waals surface area (Å²) >= 11 is 0. The zero-order valence-corrected chi connectivity index (χ0v) is 13.9. The van der Waals surface area contributed by atoms with Gasteiger partial charge in [0, 0.05) is 5.92 Å². The van der Waals surface area contributed by atoms with Crippen molar-refractivity contribution in [1.82, 2.24) is 19.9 Å². The molecule has 1 aromatic carbocycles. The van der Waals surface area contributed by atoms with E-state index in [1.165, 1.54) is 5.56 Å². The molecule has 3 unspecified atom stereocenters. The molecule has 3 heterocycles. The van der Waals surface area contributed by atoms with E-state index in [0.29, 0.717) is 17.5 Å². The Morgan fingerprint density at radius 2 is 1.92 bits per heavy atom. The topological polar surface area (TPSA) is 66.5 Å². The van der Waals surface area contributed by atoms with Gasteiger partial charge < -0.3 is 10.3 Å². The minimum Gasteiger partial charge on any atom is -0.361 e. The van der Waals surface area contributed by atoms with Crippen LogP contribution in [0.3, 0.4) is 0 Å². The fourth-order valence-corrected chi connectivity index (χ4v) is 3.67. The average Bonchev–Trinajstić information content (AvgIpc) is 3.30. The van der Waals surface area contributed by atoms with Gasteiger partial charge >= 0.3 is 0 Å². The summed E-state index contributed by atoms with van der Waals surface area (Å²) in [6.07, 6.45) is 7.25. The predicted molar refractivity (Wildman–Crippen MR) is 95.8 cm³/mol. The van der Waals surface area contributed by atoms with Crippen LogP contribution in [-0.2, 0) is 0 Å². The monoisotopic (exact) mass is 319 g/mol. The molecule has 0 amide bonds. The number of aromatic amines is 1. The summed E-state index contributed by atoms with van der Waals surface area (Å²) in [5.41, 5.74) is 3.76. The number of H-pyrrole nitrogens is 1. The lowest BCUT2D eigenvalue weighted by molar-refractivity contribution is 0.417. The highest BCUT2D eigenvalue weighted by molar-refractivity contribution is 5.69.